The Morgan fingerprint density at radius 3 is 2.76 bits per heavy atom. The van der Waals surface area contributed by atoms with Crippen molar-refractivity contribution < 1.29 is 4.79 Å². The fraction of sp³-hybridized carbons (Fsp3) is 0.222. The Hall–Kier alpha value is -2.42. The average molecular weight is 276 g/mol. The largest absolute Gasteiger partial charge is 0.327 e. The Balaban J connectivity index is 2.01. The number of carbonyl (C=O) groups is 1. The summed E-state index contributed by atoms with van der Waals surface area (Å²) in [4.78, 5) is 17.2. The molecule has 4 rings (SSSR count). The van der Waals surface area contributed by atoms with Gasteiger partial charge >= 0.3 is 0 Å². The smallest absolute Gasteiger partial charge is 0.167 e. The lowest BCUT2D eigenvalue weighted by Crippen LogP contribution is -2.05. The number of nitrogens with zero attached hydrogens (tertiary/aromatic N) is 2. The van der Waals surface area contributed by atoms with Crippen molar-refractivity contribution in [1.29, 1.82) is 0 Å². The van der Waals surface area contributed by atoms with Crippen LogP contribution in [0.3, 0.4) is 0 Å². The van der Waals surface area contributed by atoms with Gasteiger partial charge in [0, 0.05) is 24.1 Å². The first-order valence-electron chi connectivity index (χ1n) is 7.24. The van der Waals surface area contributed by atoms with Crippen LogP contribution in [0.25, 0.3) is 22.4 Å². The maximum atomic E-state index is 12.5. The van der Waals surface area contributed by atoms with Gasteiger partial charge < -0.3 is 4.57 Å². The van der Waals surface area contributed by atoms with Crippen LogP contribution >= 0.6 is 0 Å². The Morgan fingerprint density at radius 2 is 1.95 bits per heavy atom. The zero-order chi connectivity index (χ0) is 14.6. The molecule has 1 aliphatic rings. The maximum Gasteiger partial charge on any atom is 0.167 e. The predicted molar refractivity (Wildman–Crippen MR) is 83.3 cm³/mol. The molecule has 0 aliphatic heterocycles. The fourth-order valence-corrected chi connectivity index (χ4v) is 3.30. The van der Waals surface area contributed by atoms with Crippen LogP contribution in [0, 0.1) is 5.92 Å². The summed E-state index contributed by atoms with van der Waals surface area (Å²) in [6.45, 7) is 2.00. The van der Waals surface area contributed by atoms with Gasteiger partial charge in [0.05, 0.1) is 11.0 Å². The maximum absolute atomic E-state index is 12.5. The highest BCUT2D eigenvalue weighted by molar-refractivity contribution is 6.07. The quantitative estimate of drug-likeness (QED) is 0.680. The number of ketones is 1. The summed E-state index contributed by atoms with van der Waals surface area (Å²) in [5.41, 5.74) is 5.02. The zero-order valence-electron chi connectivity index (χ0n) is 12.1. The molecule has 3 nitrogen and oxygen atoms in total. The van der Waals surface area contributed by atoms with Gasteiger partial charge in [-0.3, -0.25) is 4.79 Å². The van der Waals surface area contributed by atoms with Crippen LogP contribution in [-0.2, 0) is 13.5 Å². The van der Waals surface area contributed by atoms with Crippen molar-refractivity contribution in [3.05, 3.63) is 53.6 Å². The highest BCUT2D eigenvalue weighted by atomic mass is 16.1. The number of hydrogen-bond donors (Lipinski definition) is 0. The fourth-order valence-electron chi connectivity index (χ4n) is 3.30. The van der Waals surface area contributed by atoms with Crippen molar-refractivity contribution >= 4 is 16.8 Å². The van der Waals surface area contributed by atoms with Crippen LogP contribution in [0.1, 0.15) is 22.8 Å². The summed E-state index contributed by atoms with van der Waals surface area (Å²) in [7, 11) is 2.01. The second-order valence-corrected chi connectivity index (χ2v) is 5.79. The summed E-state index contributed by atoms with van der Waals surface area (Å²) in [6, 6.07) is 14.2. The van der Waals surface area contributed by atoms with Gasteiger partial charge in [-0.05, 0) is 24.1 Å². The molecule has 0 fully saturated rings. The van der Waals surface area contributed by atoms with Crippen LogP contribution in [0.4, 0.5) is 0 Å². The van der Waals surface area contributed by atoms with Gasteiger partial charge in [-0.15, -0.1) is 0 Å². The molecule has 1 heterocycles. The van der Waals surface area contributed by atoms with Gasteiger partial charge in [0.2, 0.25) is 0 Å². The van der Waals surface area contributed by atoms with E-state index in [4.69, 9.17) is 4.98 Å². The van der Waals surface area contributed by atoms with E-state index in [1.54, 1.807) is 0 Å². The highest BCUT2D eigenvalue weighted by Crippen LogP contribution is 2.35. The van der Waals surface area contributed by atoms with Gasteiger partial charge in [0.15, 0.2) is 5.78 Å². The molecule has 0 spiro atoms. The molecule has 0 amide bonds. The lowest BCUT2D eigenvalue weighted by Gasteiger charge is -2.07. The molecule has 3 heteroatoms. The molecule has 21 heavy (non-hydrogen) atoms. The summed E-state index contributed by atoms with van der Waals surface area (Å²) >= 11 is 0. The van der Waals surface area contributed by atoms with Crippen LogP contribution in [0.5, 0.6) is 0 Å². The topological polar surface area (TPSA) is 34.9 Å². The van der Waals surface area contributed by atoms with Crippen LogP contribution in [0.15, 0.2) is 42.5 Å². The number of aryl methyl sites for hydroxylation is 1. The SMILES string of the molecule is CC1Cc2cccc(-c3nc4ccccc4n3C)c2C1=O. The summed E-state index contributed by atoms with van der Waals surface area (Å²) < 4.78 is 2.07. The van der Waals surface area contributed by atoms with E-state index in [0.717, 1.165) is 40.0 Å². The number of aromatic nitrogens is 2. The molecule has 2 aromatic carbocycles. The minimum absolute atomic E-state index is 0.0795. The molecule has 1 atom stereocenters. The predicted octanol–water partition coefficient (Wildman–Crippen LogP) is 3.62. The first-order chi connectivity index (χ1) is 10.2. The third-order valence-electron chi connectivity index (χ3n) is 4.40. The van der Waals surface area contributed by atoms with Crippen LogP contribution in [-0.4, -0.2) is 15.3 Å². The van der Waals surface area contributed by atoms with E-state index in [9.17, 15) is 4.79 Å². The Bertz CT molecular complexity index is 876. The average Bonchev–Trinajstić information content (AvgIpc) is 2.98. The number of rotatable bonds is 1. The Morgan fingerprint density at radius 1 is 1.14 bits per heavy atom. The number of fused-ring (bicyclic) bond motifs is 2. The Labute approximate surface area is 123 Å². The van der Waals surface area contributed by atoms with Gasteiger partial charge in [-0.2, -0.15) is 0 Å². The standard InChI is InChI=1S/C18H16N2O/c1-11-10-12-6-5-7-13(16(12)17(11)21)18-19-14-8-3-4-9-15(14)20(18)2/h3-9,11H,10H2,1-2H3. The van der Waals surface area contributed by atoms with E-state index in [-0.39, 0.29) is 11.7 Å². The van der Waals surface area contributed by atoms with Crippen molar-refractivity contribution in [3.8, 4) is 11.4 Å². The summed E-state index contributed by atoms with van der Waals surface area (Å²) in [6.07, 6.45) is 0.839. The van der Waals surface area contributed by atoms with E-state index in [2.05, 4.69) is 16.7 Å². The van der Waals surface area contributed by atoms with Crippen LogP contribution < -0.4 is 0 Å². The van der Waals surface area contributed by atoms with E-state index in [1.165, 1.54) is 0 Å². The molecular weight excluding hydrogens is 260 g/mol. The monoisotopic (exact) mass is 276 g/mol. The highest BCUT2D eigenvalue weighted by Gasteiger charge is 2.30. The van der Waals surface area contributed by atoms with E-state index in [0.29, 0.717) is 0 Å². The third-order valence-corrected chi connectivity index (χ3v) is 4.40. The second kappa shape index (κ2) is 4.29. The van der Waals surface area contributed by atoms with Crippen molar-refractivity contribution in [3.63, 3.8) is 0 Å². The molecule has 3 aromatic rings. The van der Waals surface area contributed by atoms with Crippen molar-refractivity contribution in [2.24, 2.45) is 13.0 Å². The number of benzene rings is 2. The lowest BCUT2D eigenvalue weighted by molar-refractivity contribution is 0.0947. The number of carbonyl (C=O) groups excluding carboxylic acids is 1. The first-order valence-corrected chi connectivity index (χ1v) is 7.24. The first kappa shape index (κ1) is 12.3. The molecular formula is C18H16N2O. The molecule has 1 aliphatic carbocycles. The van der Waals surface area contributed by atoms with Gasteiger partial charge in [0.1, 0.15) is 5.82 Å². The molecule has 0 saturated heterocycles. The molecule has 0 bridgehead atoms. The molecule has 0 radical (unpaired) electrons. The minimum atomic E-state index is 0.0795. The van der Waals surface area contributed by atoms with Gasteiger partial charge in [-0.25, -0.2) is 4.98 Å². The van der Waals surface area contributed by atoms with Crippen molar-refractivity contribution in [2.75, 3.05) is 0 Å². The zero-order valence-corrected chi connectivity index (χ0v) is 12.1. The third kappa shape index (κ3) is 1.67. The van der Waals surface area contributed by atoms with E-state index < -0.39 is 0 Å². The molecule has 0 saturated carbocycles. The summed E-state index contributed by atoms with van der Waals surface area (Å²) in [5.74, 6) is 1.19. The summed E-state index contributed by atoms with van der Waals surface area (Å²) in [5, 5.41) is 0. The van der Waals surface area contributed by atoms with Crippen molar-refractivity contribution in [1.82, 2.24) is 9.55 Å². The molecule has 0 N–H and O–H groups in total. The molecule has 1 aromatic heterocycles. The normalized spacial score (nSPS) is 17.4. The Kier molecular flexibility index (Phi) is 2.52. The number of para-hydroxylation sites is 2. The molecule has 104 valence electrons. The second-order valence-electron chi connectivity index (χ2n) is 5.79. The van der Waals surface area contributed by atoms with Crippen LogP contribution in [0.2, 0.25) is 0 Å². The number of imidazole rings is 1. The van der Waals surface area contributed by atoms with E-state index in [1.807, 2.05) is 44.3 Å². The van der Waals surface area contributed by atoms with Gasteiger partial charge in [-0.1, -0.05) is 37.3 Å². The van der Waals surface area contributed by atoms with Crippen molar-refractivity contribution in [2.45, 2.75) is 13.3 Å². The minimum Gasteiger partial charge on any atom is -0.327 e. The number of hydrogen-bond acceptors (Lipinski definition) is 2. The van der Waals surface area contributed by atoms with Gasteiger partial charge in [0.25, 0.3) is 0 Å². The number of Topliss-reactive ketones (excluding diaryl/α,β-unsaturated/α-hetero) is 1. The lowest BCUT2D eigenvalue weighted by atomic mass is 10.0. The van der Waals surface area contributed by atoms with E-state index >= 15 is 0 Å². The molecule has 1 unspecified atom stereocenters.